The topological polar surface area (TPSA) is 133 Å². The van der Waals surface area contributed by atoms with E-state index in [1.165, 1.54) is 88.2 Å². The second kappa shape index (κ2) is 19.9. The van der Waals surface area contributed by atoms with Crippen LogP contribution in [0.1, 0.15) is 37.4 Å². The zero-order valence-corrected chi connectivity index (χ0v) is 37.2. The van der Waals surface area contributed by atoms with E-state index in [4.69, 9.17) is 10.7 Å². The van der Waals surface area contributed by atoms with Gasteiger partial charge in [-0.1, -0.05) is 66.7 Å². The molecule has 66 heavy (non-hydrogen) atoms. The van der Waals surface area contributed by atoms with Gasteiger partial charge < -0.3 is 10.6 Å². The number of hydrogen-bond donors (Lipinski definition) is 2. The Morgan fingerprint density at radius 3 is 1.39 bits per heavy atom. The van der Waals surface area contributed by atoms with Crippen LogP contribution in [-0.2, 0) is 37.2 Å². The zero-order chi connectivity index (χ0) is 46.4. The van der Waals surface area contributed by atoms with Crippen LogP contribution in [0.3, 0.4) is 0 Å². The summed E-state index contributed by atoms with van der Waals surface area (Å²) in [7, 11) is 1.44. The van der Waals surface area contributed by atoms with Gasteiger partial charge in [-0.25, -0.2) is 17.2 Å². The van der Waals surface area contributed by atoms with Gasteiger partial charge in [0, 0.05) is 68.0 Å². The summed E-state index contributed by atoms with van der Waals surface area (Å²) < 4.78 is 49.4. The number of fused-ring (bicyclic) bond motifs is 2. The van der Waals surface area contributed by atoms with Gasteiger partial charge in [0.15, 0.2) is 0 Å². The zero-order valence-electron chi connectivity index (χ0n) is 34.8. The lowest BCUT2D eigenvalue weighted by Gasteiger charge is -2.25. The molecule has 2 atom stereocenters. The maximum absolute atomic E-state index is 13.4. The summed E-state index contributed by atoms with van der Waals surface area (Å²) in [5.41, 5.74) is 5.95. The van der Waals surface area contributed by atoms with Gasteiger partial charge in [0.1, 0.15) is 23.7 Å². The number of hydrogen-bond acceptors (Lipinski definition) is 7. The Balaban J connectivity index is 0.000000181. The predicted molar refractivity (Wildman–Crippen MR) is 253 cm³/mol. The molecule has 7 aromatic carbocycles. The first-order valence-corrected chi connectivity index (χ1v) is 23.9. The summed E-state index contributed by atoms with van der Waals surface area (Å²) >= 11 is 1.73. The molecule has 2 aliphatic heterocycles. The number of nitrogens with zero attached hydrogens (tertiary/aromatic N) is 2. The molecule has 0 aliphatic carbocycles. The van der Waals surface area contributed by atoms with Crippen molar-refractivity contribution in [1.82, 2.24) is 0 Å². The molecule has 0 aromatic heterocycles. The largest absolute Gasteiger partial charge is 0.324 e. The van der Waals surface area contributed by atoms with Gasteiger partial charge >= 0.3 is 0 Å². The minimum Gasteiger partial charge on any atom is -0.324 e. The Morgan fingerprint density at radius 1 is 0.545 bits per heavy atom. The lowest BCUT2D eigenvalue weighted by atomic mass is 10.1. The Morgan fingerprint density at radius 2 is 0.955 bits per heavy atom. The van der Waals surface area contributed by atoms with E-state index >= 15 is 0 Å². The van der Waals surface area contributed by atoms with Gasteiger partial charge in [0.05, 0.1) is 4.90 Å². The van der Waals surface area contributed by atoms with Crippen LogP contribution in [0.4, 0.5) is 31.5 Å². The normalized spacial score (nSPS) is 14.9. The van der Waals surface area contributed by atoms with Crippen LogP contribution in [0.25, 0.3) is 0 Å². The number of nitrogens with one attached hydrogen (secondary N) is 2. The SMILES string of the molecule is O=C(Nc1ccc(S(=O)(=O)Cl)cc1)C1Cc2ccccc2N1C(=O)c1ccc(F)cc1.O=C(Nc1ccc(SCc2ccccc2)cc1)C1Cc2ccccc2N1C(=O)c1ccc(F)cc1. The molecule has 2 heterocycles. The van der Waals surface area contributed by atoms with E-state index in [9.17, 15) is 36.4 Å². The van der Waals surface area contributed by atoms with E-state index < -0.39 is 44.6 Å². The highest BCUT2D eigenvalue weighted by Crippen LogP contribution is 2.36. The Bertz CT molecular complexity index is 3020. The smallest absolute Gasteiger partial charge is 0.261 e. The fourth-order valence-electron chi connectivity index (χ4n) is 7.68. The molecule has 332 valence electrons. The number of amides is 4. The molecule has 7 aromatic rings. The van der Waals surface area contributed by atoms with Crippen LogP contribution in [0.2, 0.25) is 0 Å². The van der Waals surface area contributed by atoms with Crippen molar-refractivity contribution >= 4 is 77.9 Å². The monoisotopic (exact) mass is 940 g/mol. The molecule has 4 amide bonds. The van der Waals surface area contributed by atoms with Crippen LogP contribution in [0.5, 0.6) is 0 Å². The summed E-state index contributed by atoms with van der Waals surface area (Å²) in [5.74, 6) is -1.46. The first kappa shape index (κ1) is 45.4. The third kappa shape index (κ3) is 10.5. The second-order valence-corrected chi connectivity index (χ2v) is 18.9. The summed E-state index contributed by atoms with van der Waals surface area (Å²) in [6.45, 7) is 0. The highest BCUT2D eigenvalue weighted by molar-refractivity contribution is 8.13. The maximum atomic E-state index is 13.4. The minimum absolute atomic E-state index is 0.0893. The molecular weight excluding hydrogens is 902 g/mol. The van der Waals surface area contributed by atoms with Crippen molar-refractivity contribution in [3.05, 3.63) is 215 Å². The number of carbonyl (C=O) groups excluding carboxylic acids is 4. The lowest BCUT2D eigenvalue weighted by Crippen LogP contribution is -2.45. The molecule has 0 saturated heterocycles. The van der Waals surface area contributed by atoms with Crippen molar-refractivity contribution < 1.29 is 36.4 Å². The van der Waals surface area contributed by atoms with E-state index in [0.29, 0.717) is 41.2 Å². The molecule has 0 bridgehead atoms. The maximum Gasteiger partial charge on any atom is 0.261 e. The second-order valence-electron chi connectivity index (χ2n) is 15.3. The van der Waals surface area contributed by atoms with Crippen LogP contribution in [0.15, 0.2) is 186 Å². The molecule has 0 radical (unpaired) electrons. The highest BCUT2D eigenvalue weighted by atomic mass is 35.7. The first-order chi connectivity index (χ1) is 31.8. The van der Waals surface area contributed by atoms with E-state index in [0.717, 1.165) is 21.8 Å². The number of para-hydroxylation sites is 2. The van der Waals surface area contributed by atoms with Crippen molar-refractivity contribution in [2.45, 2.75) is 40.5 Å². The predicted octanol–water partition coefficient (Wildman–Crippen LogP) is 10.3. The third-order valence-electron chi connectivity index (χ3n) is 11.0. The molecule has 0 spiro atoms. The molecule has 2 N–H and O–H groups in total. The molecular formula is C51H39ClF2N4O6S2. The molecule has 2 unspecified atom stereocenters. The van der Waals surface area contributed by atoms with Crippen molar-refractivity contribution in [3.8, 4) is 0 Å². The number of rotatable bonds is 10. The summed E-state index contributed by atoms with van der Waals surface area (Å²) in [6, 6.07) is 47.0. The molecule has 15 heteroatoms. The van der Waals surface area contributed by atoms with E-state index in [1.807, 2.05) is 78.9 Å². The standard InChI is InChI=1S/C29H23FN2O2S.C22H16ClFN2O4S/c30-23-12-10-21(11-13-23)29(34)32-26-9-5-4-8-22(26)18-27(32)28(33)31-24-14-16-25(17-15-24)35-19-20-6-2-1-3-7-20;23-31(29,30)18-11-9-17(10-12-18)25-21(27)20-13-15-3-1-2-4-19(15)26(20)22(28)14-5-7-16(24)8-6-14/h1-17,27H,18-19H2,(H,31,33);1-12,20H,13H2,(H,25,27). The molecule has 2 aliphatic rings. The van der Waals surface area contributed by atoms with E-state index in [-0.39, 0.29) is 22.3 Å². The number of halogens is 3. The molecule has 0 saturated carbocycles. The van der Waals surface area contributed by atoms with Crippen LogP contribution < -0.4 is 20.4 Å². The Kier molecular flexibility index (Phi) is 13.7. The summed E-state index contributed by atoms with van der Waals surface area (Å²) in [4.78, 5) is 56.8. The Labute approximate surface area is 388 Å². The quantitative estimate of drug-likeness (QED) is 0.103. The lowest BCUT2D eigenvalue weighted by molar-refractivity contribution is -0.118. The Hall–Kier alpha value is -7.13. The average Bonchev–Trinajstić information content (AvgIpc) is 3.92. The molecule has 9 rings (SSSR count). The molecule has 0 fully saturated rings. The van der Waals surface area contributed by atoms with Gasteiger partial charge in [0.25, 0.3) is 20.9 Å². The van der Waals surface area contributed by atoms with Gasteiger partial charge in [-0.2, -0.15) is 0 Å². The van der Waals surface area contributed by atoms with Gasteiger partial charge in [-0.3, -0.25) is 29.0 Å². The summed E-state index contributed by atoms with van der Waals surface area (Å²) in [6.07, 6.45) is 0.725. The van der Waals surface area contributed by atoms with Crippen molar-refractivity contribution in [2.24, 2.45) is 0 Å². The van der Waals surface area contributed by atoms with Crippen molar-refractivity contribution in [2.75, 3.05) is 20.4 Å². The fraction of sp³-hybridized carbons (Fsp3) is 0.0980. The fourth-order valence-corrected chi connectivity index (χ4v) is 9.31. The highest BCUT2D eigenvalue weighted by Gasteiger charge is 2.40. The van der Waals surface area contributed by atoms with Crippen LogP contribution in [0, 0.1) is 11.6 Å². The first-order valence-electron chi connectivity index (χ1n) is 20.6. The van der Waals surface area contributed by atoms with Gasteiger partial charge in [0.2, 0.25) is 11.8 Å². The number of benzene rings is 7. The number of anilines is 4. The van der Waals surface area contributed by atoms with E-state index in [2.05, 4.69) is 22.8 Å². The molecule has 10 nitrogen and oxygen atoms in total. The van der Waals surface area contributed by atoms with Gasteiger partial charge in [-0.15, -0.1) is 11.8 Å². The van der Waals surface area contributed by atoms with Crippen molar-refractivity contribution in [1.29, 1.82) is 0 Å². The van der Waals surface area contributed by atoms with Crippen molar-refractivity contribution in [3.63, 3.8) is 0 Å². The third-order valence-corrected chi connectivity index (χ3v) is 13.4. The van der Waals surface area contributed by atoms with Crippen LogP contribution in [-0.4, -0.2) is 44.1 Å². The number of thioether (sulfide) groups is 1. The van der Waals surface area contributed by atoms with Crippen LogP contribution >= 0.6 is 22.4 Å². The summed E-state index contributed by atoms with van der Waals surface area (Å²) in [5, 5.41) is 5.68. The number of carbonyl (C=O) groups is 4. The minimum atomic E-state index is -3.87. The van der Waals surface area contributed by atoms with Gasteiger partial charge in [-0.05, 0) is 126 Å². The van der Waals surface area contributed by atoms with E-state index in [1.54, 1.807) is 23.9 Å². The average molecular weight is 941 g/mol.